The molecule has 0 bridgehead atoms. The highest BCUT2D eigenvalue weighted by Gasteiger charge is 2.37. The molecule has 2 heterocycles. The molecule has 4 N–H and O–H groups in total. The summed E-state index contributed by atoms with van der Waals surface area (Å²) in [6.45, 7) is 8.46. The van der Waals surface area contributed by atoms with Gasteiger partial charge in [-0.3, -0.25) is 39.2 Å². The number of carbonyl (C=O) groups excluding carboxylic acids is 4. The molecule has 1 saturated carbocycles. The van der Waals surface area contributed by atoms with Gasteiger partial charge in [-0.15, -0.1) is 11.6 Å². The summed E-state index contributed by atoms with van der Waals surface area (Å²) < 4.78 is 98.1. The van der Waals surface area contributed by atoms with Crippen molar-refractivity contribution in [2.24, 2.45) is 0 Å². The Morgan fingerprint density at radius 1 is 0.956 bits per heavy atom. The van der Waals surface area contributed by atoms with Crippen molar-refractivity contribution >= 4 is 122 Å². The highest BCUT2D eigenvalue weighted by atomic mass is 35.5. The van der Waals surface area contributed by atoms with Crippen LogP contribution in [0.4, 0.5) is 30.2 Å². The van der Waals surface area contributed by atoms with Gasteiger partial charge in [-0.25, -0.2) is 13.2 Å². The second-order valence-electron chi connectivity index (χ2n) is 19.7. The Kier molecular flexibility index (Phi) is 29.2. The minimum absolute atomic E-state index is 0.0223. The van der Waals surface area contributed by atoms with Gasteiger partial charge < -0.3 is 48.2 Å². The lowest BCUT2D eigenvalue weighted by Crippen LogP contribution is -2.47. The third-order valence-electron chi connectivity index (χ3n) is 12.7. The van der Waals surface area contributed by atoms with Crippen molar-refractivity contribution in [1.82, 2.24) is 10.5 Å². The molecule has 1 aromatic heterocycles. The number of aromatic nitrogens is 1. The summed E-state index contributed by atoms with van der Waals surface area (Å²) in [5, 5.41) is 25.2. The first-order chi connectivity index (χ1) is 42.6. The highest BCUT2D eigenvalue weighted by Crippen LogP contribution is 2.43. The van der Waals surface area contributed by atoms with Crippen molar-refractivity contribution in [3.05, 3.63) is 163 Å². The number of carboxylic acid groups (broad SMARTS) is 1. The number of amides is 2. The van der Waals surface area contributed by atoms with Gasteiger partial charge in [0.1, 0.15) is 35.3 Å². The summed E-state index contributed by atoms with van der Waals surface area (Å²) in [5.74, 6) is -1.54. The number of methoxy groups -OCH3 is 2. The number of carboxylic acids is 1. The molecule has 2 unspecified atom stereocenters. The van der Waals surface area contributed by atoms with Gasteiger partial charge in [-0.2, -0.15) is 13.2 Å². The van der Waals surface area contributed by atoms with Gasteiger partial charge >= 0.3 is 25.7 Å². The number of ketones is 1. The Morgan fingerprint density at radius 2 is 1.63 bits per heavy atom. The zero-order valence-electron chi connectivity index (χ0n) is 49.4. The second-order valence-corrected chi connectivity index (χ2v) is 25.5. The molecule has 91 heavy (non-hydrogen) atoms. The van der Waals surface area contributed by atoms with Gasteiger partial charge in [-0.05, 0) is 106 Å². The summed E-state index contributed by atoms with van der Waals surface area (Å²) in [6, 6.07) is 23.7. The van der Waals surface area contributed by atoms with Crippen LogP contribution in [0.15, 0.2) is 113 Å². The smallest absolute Gasteiger partial charge is 0.416 e. The van der Waals surface area contributed by atoms with E-state index in [1.54, 1.807) is 29.0 Å². The molecule has 1 fully saturated rings. The SMILES string of the molecule is CC1COc2ccccc2N1C(=O)C(Cl)Cl.CCc1cccc(C)c1N(C(=O)CCl)C(C)COC.COC(=O)c1cc(Oc2ccc(Cl)cc2Cl)ccc1[N+](=O)[O-].CS(=O)(=O)c1cc(C(F)(F)F)ccc1C(=O)c1cnoc1C1CC1.O=C(O)CNCP(=O)(O)O. The Labute approximate surface area is 545 Å². The number of benzene rings is 5. The van der Waals surface area contributed by atoms with E-state index in [0.717, 1.165) is 67.3 Å². The van der Waals surface area contributed by atoms with E-state index < -0.39 is 74.4 Å². The van der Waals surface area contributed by atoms with Gasteiger partial charge in [0.25, 0.3) is 11.6 Å². The maximum Gasteiger partial charge on any atom is 0.416 e. The number of fused-ring (bicyclic) bond motifs is 1. The largest absolute Gasteiger partial charge is 0.489 e. The summed E-state index contributed by atoms with van der Waals surface area (Å²) in [4.78, 5) is 86.4. The van der Waals surface area contributed by atoms with E-state index in [1.165, 1.54) is 24.4 Å². The number of aliphatic carboxylic acids is 1. The van der Waals surface area contributed by atoms with Crippen LogP contribution in [0.2, 0.25) is 10.0 Å². The number of nitrogens with one attached hydrogen (secondary N) is 1. The van der Waals surface area contributed by atoms with Crippen LogP contribution in [-0.4, -0.2) is 132 Å². The molecule has 6 aromatic rings. The lowest BCUT2D eigenvalue weighted by atomic mass is 10.0. The van der Waals surface area contributed by atoms with Crippen LogP contribution in [0.3, 0.4) is 0 Å². The number of nitro benzene ring substituents is 1. The van der Waals surface area contributed by atoms with Crippen molar-refractivity contribution in [1.29, 1.82) is 0 Å². The quantitative estimate of drug-likeness (QED) is 0.0146. The number of aryl methyl sites for hydroxylation is 2. The Hall–Kier alpha value is -6.88. The minimum Gasteiger partial charge on any atom is -0.489 e. The average molecular weight is 1410 g/mol. The van der Waals surface area contributed by atoms with Gasteiger partial charge in [-0.1, -0.05) is 88.8 Å². The minimum atomic E-state index is -4.71. The number of sulfone groups is 1. The molecule has 8 rings (SSSR count). The van der Waals surface area contributed by atoms with Gasteiger partial charge in [0, 0.05) is 42.0 Å². The van der Waals surface area contributed by atoms with Crippen molar-refractivity contribution in [3.63, 3.8) is 0 Å². The molecule has 2 aliphatic rings. The number of anilines is 2. The molecule has 33 heteroatoms. The molecule has 0 saturated heterocycles. The van der Waals surface area contributed by atoms with Crippen molar-refractivity contribution in [3.8, 4) is 17.2 Å². The van der Waals surface area contributed by atoms with Crippen molar-refractivity contribution in [2.75, 3.05) is 62.2 Å². The van der Waals surface area contributed by atoms with E-state index in [0.29, 0.717) is 47.6 Å². The molecule has 494 valence electrons. The number of hydrogen-bond donors (Lipinski definition) is 4. The van der Waals surface area contributed by atoms with Crippen molar-refractivity contribution < 1.29 is 93.4 Å². The number of ether oxygens (including phenoxy) is 4. The molecular formula is C58H62Cl5F3N5O18PS. The molecule has 0 spiro atoms. The first-order valence-electron chi connectivity index (χ1n) is 26.8. The monoisotopic (exact) mass is 1410 g/mol. The first-order valence-corrected chi connectivity index (χ1v) is 32.6. The molecule has 1 aliphatic carbocycles. The lowest BCUT2D eigenvalue weighted by molar-refractivity contribution is -0.385. The number of hydrogen-bond acceptors (Lipinski definition) is 17. The standard InChI is InChI=1S/C15H22ClNO2.C15H12F3NO4S.C14H9Cl2NO5.C11H11Cl2NO2.C3H8NO5P/c1-5-13-8-6-7-11(2)15(13)17(14(18)9-16)12(3)10-19-4;1-24(21,22)12-6-9(15(16,17)18)4-5-10(12)13(20)11-7-19-23-14(11)8-2-3-8;1-21-14(18)10-7-9(3-4-12(10)17(19)20)22-13-5-2-8(15)6-11(13)16;1-7-6-16-9-5-3-2-4-8(9)14(7)11(15)10(12)13;5-3(6)1-4-2-10(7,8)9/h6-8,12H,5,9-10H2,1-4H3;4-8H,2-3H2,1H3;2-7H,1H3;2-5,7,10H,6H2,1H3;4H,1-2H2,(H,5,6)(H2,7,8,9). The van der Waals surface area contributed by atoms with E-state index in [9.17, 15) is 60.2 Å². The van der Waals surface area contributed by atoms with Gasteiger partial charge in [0.2, 0.25) is 5.91 Å². The van der Waals surface area contributed by atoms with Crippen LogP contribution in [0.25, 0.3) is 0 Å². The van der Waals surface area contributed by atoms with Crippen LogP contribution in [-0.2, 0) is 50.9 Å². The second kappa shape index (κ2) is 34.7. The molecule has 2 amide bonds. The fraction of sp³-hybridized carbons (Fsp3) is 0.345. The Bertz CT molecular complexity index is 3730. The number of carbonyl (C=O) groups is 5. The van der Waals surface area contributed by atoms with E-state index in [4.69, 9.17) is 91.6 Å². The average Bonchev–Trinajstić information content (AvgIpc) is 1.78. The summed E-state index contributed by atoms with van der Waals surface area (Å²) in [5.41, 5.74) is 1.97. The van der Waals surface area contributed by atoms with Gasteiger partial charge in [0.15, 0.2) is 26.2 Å². The maximum absolute atomic E-state index is 12.8. The van der Waals surface area contributed by atoms with E-state index >= 15 is 0 Å². The molecule has 1 aliphatic heterocycles. The lowest BCUT2D eigenvalue weighted by Gasteiger charge is -2.35. The molecule has 5 aromatic carbocycles. The van der Waals surface area contributed by atoms with Crippen molar-refractivity contribution in [2.45, 2.75) is 80.9 Å². The zero-order valence-corrected chi connectivity index (χ0v) is 54.9. The fourth-order valence-electron chi connectivity index (χ4n) is 8.46. The summed E-state index contributed by atoms with van der Waals surface area (Å²) >= 11 is 28.8. The Morgan fingerprint density at radius 3 is 2.18 bits per heavy atom. The number of alkyl halides is 6. The predicted octanol–water partition coefficient (Wildman–Crippen LogP) is 12.2. The number of nitro groups is 1. The highest BCUT2D eigenvalue weighted by molar-refractivity contribution is 7.90. The van der Waals surface area contributed by atoms with E-state index in [1.807, 2.05) is 57.2 Å². The van der Waals surface area contributed by atoms with Crippen LogP contribution in [0.1, 0.15) is 88.3 Å². The summed E-state index contributed by atoms with van der Waals surface area (Å²) in [6.07, 6.45) is -0.864. The molecule has 0 radical (unpaired) electrons. The molecule has 23 nitrogen and oxygen atoms in total. The third-order valence-corrected chi connectivity index (χ3v) is 15.6. The number of para-hydroxylation sites is 3. The predicted molar refractivity (Wildman–Crippen MR) is 334 cm³/mol. The van der Waals surface area contributed by atoms with Crippen LogP contribution < -0.4 is 24.6 Å². The zero-order chi connectivity index (χ0) is 68.3. The van der Waals surface area contributed by atoms with Gasteiger partial charge in [0.05, 0.1) is 82.2 Å². The van der Waals surface area contributed by atoms with E-state index in [2.05, 4.69) is 28.2 Å². The number of esters is 1. The molecule has 2 atom stereocenters. The number of halogens is 8. The van der Waals surface area contributed by atoms with E-state index in [-0.39, 0.29) is 68.8 Å². The fourth-order valence-corrected chi connectivity index (χ4v) is 10.6. The van der Waals surface area contributed by atoms with Crippen LogP contribution in [0.5, 0.6) is 17.2 Å². The molecular weight excluding hydrogens is 1350 g/mol. The Balaban J connectivity index is 0.000000249. The van der Waals surface area contributed by atoms with Crippen LogP contribution >= 0.6 is 65.6 Å². The summed E-state index contributed by atoms with van der Waals surface area (Å²) in [7, 11) is -5.37. The topological polar surface area (TPSA) is 322 Å². The third kappa shape index (κ3) is 22.7. The number of nitrogens with zero attached hydrogens (tertiary/aromatic N) is 4. The van der Waals surface area contributed by atoms with Crippen LogP contribution in [0, 0.1) is 17.0 Å². The maximum atomic E-state index is 12.8. The normalized spacial score (nSPS) is 13.7. The first kappa shape index (κ1) is 76.6. The number of rotatable bonds is 19.